The second-order valence-corrected chi connectivity index (χ2v) is 5.07. The van der Waals surface area contributed by atoms with Crippen molar-refractivity contribution in [3.8, 4) is 5.69 Å². The highest BCUT2D eigenvalue weighted by molar-refractivity contribution is 6.35. The van der Waals surface area contributed by atoms with Gasteiger partial charge >= 0.3 is 5.97 Å². The summed E-state index contributed by atoms with van der Waals surface area (Å²) in [4.78, 5) is 11.2. The van der Waals surface area contributed by atoms with Crippen molar-refractivity contribution < 1.29 is 9.90 Å². The van der Waals surface area contributed by atoms with Gasteiger partial charge < -0.3 is 9.67 Å². The fourth-order valence-corrected chi connectivity index (χ4v) is 2.64. The first kappa shape index (κ1) is 14.0. The molecule has 2 aromatic rings. The molecular formula is C14H13Cl2NO2. The lowest BCUT2D eigenvalue weighted by atomic mass is 10.2. The average Bonchev–Trinajstić information content (AvgIpc) is 2.67. The van der Waals surface area contributed by atoms with Crippen molar-refractivity contribution >= 4 is 29.2 Å². The van der Waals surface area contributed by atoms with Crippen molar-refractivity contribution in [1.82, 2.24) is 4.57 Å². The highest BCUT2D eigenvalue weighted by Gasteiger charge is 2.18. The normalized spacial score (nSPS) is 10.7. The Kier molecular flexibility index (Phi) is 3.88. The average molecular weight is 298 g/mol. The van der Waals surface area contributed by atoms with Crippen LogP contribution < -0.4 is 0 Å². The highest BCUT2D eigenvalue weighted by Crippen LogP contribution is 2.29. The second kappa shape index (κ2) is 5.27. The van der Waals surface area contributed by atoms with Crippen LogP contribution in [0.25, 0.3) is 5.69 Å². The number of aromatic nitrogens is 1. The molecule has 100 valence electrons. The summed E-state index contributed by atoms with van der Waals surface area (Å²) in [7, 11) is 0. The van der Waals surface area contributed by atoms with Gasteiger partial charge in [-0.2, -0.15) is 0 Å². The Hall–Kier alpha value is -1.45. The van der Waals surface area contributed by atoms with E-state index in [4.69, 9.17) is 23.2 Å². The maximum absolute atomic E-state index is 11.2. The first-order valence-corrected chi connectivity index (χ1v) is 6.61. The lowest BCUT2D eigenvalue weighted by molar-refractivity contribution is 0.0696. The molecule has 0 fully saturated rings. The Balaban J connectivity index is 2.70. The smallest absolute Gasteiger partial charge is 0.337 e. The van der Waals surface area contributed by atoms with Crippen LogP contribution >= 0.6 is 23.2 Å². The van der Waals surface area contributed by atoms with Crippen molar-refractivity contribution in [2.24, 2.45) is 0 Å². The second-order valence-electron chi connectivity index (χ2n) is 4.22. The standard InChI is InChI=1S/C14H13Cl2NO2/c1-3-10-7-11(14(18)19)8(2)17(10)13-5-4-9(15)6-12(13)16/h4-7H,3H2,1-2H3,(H,18,19). The van der Waals surface area contributed by atoms with Crippen LogP contribution in [0.1, 0.15) is 28.7 Å². The molecule has 0 amide bonds. The molecule has 0 spiro atoms. The van der Waals surface area contributed by atoms with Gasteiger partial charge in [0.05, 0.1) is 16.3 Å². The molecule has 0 aliphatic carbocycles. The Bertz CT molecular complexity index is 647. The molecule has 0 atom stereocenters. The topological polar surface area (TPSA) is 42.2 Å². The van der Waals surface area contributed by atoms with E-state index in [1.54, 1.807) is 31.2 Å². The van der Waals surface area contributed by atoms with Crippen LogP contribution in [-0.4, -0.2) is 15.6 Å². The van der Waals surface area contributed by atoms with Crippen LogP contribution in [0.5, 0.6) is 0 Å². The Morgan fingerprint density at radius 1 is 1.32 bits per heavy atom. The van der Waals surface area contributed by atoms with E-state index in [0.29, 0.717) is 27.7 Å². The van der Waals surface area contributed by atoms with Crippen LogP contribution in [0.4, 0.5) is 0 Å². The number of aromatic carboxylic acids is 1. The zero-order chi connectivity index (χ0) is 14.2. The number of hydrogen-bond acceptors (Lipinski definition) is 1. The molecule has 1 aromatic carbocycles. The van der Waals surface area contributed by atoms with Gasteiger partial charge in [-0.25, -0.2) is 4.79 Å². The number of carboxylic acids is 1. The molecule has 0 aliphatic rings. The highest BCUT2D eigenvalue weighted by atomic mass is 35.5. The maximum Gasteiger partial charge on any atom is 0.337 e. The van der Waals surface area contributed by atoms with Gasteiger partial charge in [-0.15, -0.1) is 0 Å². The minimum atomic E-state index is -0.934. The van der Waals surface area contributed by atoms with Crippen LogP contribution in [0.15, 0.2) is 24.3 Å². The third-order valence-electron chi connectivity index (χ3n) is 3.07. The van der Waals surface area contributed by atoms with Gasteiger partial charge in [0, 0.05) is 16.4 Å². The zero-order valence-electron chi connectivity index (χ0n) is 10.6. The van der Waals surface area contributed by atoms with Gasteiger partial charge in [-0.3, -0.25) is 0 Å². The molecule has 0 bridgehead atoms. The Labute approximate surface area is 121 Å². The summed E-state index contributed by atoms with van der Waals surface area (Å²) in [5, 5.41) is 10.2. The van der Waals surface area contributed by atoms with Crippen molar-refractivity contribution in [2.75, 3.05) is 0 Å². The van der Waals surface area contributed by atoms with Gasteiger partial charge in [-0.1, -0.05) is 30.1 Å². The van der Waals surface area contributed by atoms with Crippen LogP contribution in [-0.2, 0) is 6.42 Å². The molecule has 0 saturated heterocycles. The van der Waals surface area contributed by atoms with Gasteiger partial charge in [-0.05, 0) is 37.6 Å². The summed E-state index contributed by atoms with van der Waals surface area (Å²) < 4.78 is 1.86. The molecule has 5 heteroatoms. The Morgan fingerprint density at radius 3 is 2.53 bits per heavy atom. The molecule has 1 heterocycles. The van der Waals surface area contributed by atoms with Crippen molar-refractivity contribution in [1.29, 1.82) is 0 Å². The number of aryl methyl sites for hydroxylation is 1. The van der Waals surface area contributed by atoms with Gasteiger partial charge in [0.25, 0.3) is 0 Å². The molecule has 0 aliphatic heterocycles. The minimum absolute atomic E-state index is 0.294. The largest absolute Gasteiger partial charge is 0.478 e. The third-order valence-corrected chi connectivity index (χ3v) is 3.60. The Morgan fingerprint density at radius 2 is 2.00 bits per heavy atom. The first-order valence-electron chi connectivity index (χ1n) is 5.85. The van der Waals surface area contributed by atoms with E-state index >= 15 is 0 Å². The van der Waals surface area contributed by atoms with E-state index in [0.717, 1.165) is 11.4 Å². The van der Waals surface area contributed by atoms with E-state index in [9.17, 15) is 9.90 Å². The number of hydrogen-bond donors (Lipinski definition) is 1. The minimum Gasteiger partial charge on any atom is -0.478 e. The summed E-state index contributed by atoms with van der Waals surface area (Å²) in [5.41, 5.74) is 2.60. The summed E-state index contributed by atoms with van der Waals surface area (Å²) in [6, 6.07) is 6.87. The fourth-order valence-electron chi connectivity index (χ4n) is 2.15. The molecule has 1 N–H and O–H groups in total. The van der Waals surface area contributed by atoms with Crippen molar-refractivity contribution in [3.05, 3.63) is 51.3 Å². The quantitative estimate of drug-likeness (QED) is 0.915. The lowest BCUT2D eigenvalue weighted by Crippen LogP contribution is -2.04. The molecule has 0 saturated carbocycles. The van der Waals surface area contributed by atoms with Gasteiger partial charge in [0.1, 0.15) is 0 Å². The molecule has 0 radical (unpaired) electrons. The number of halogens is 2. The lowest BCUT2D eigenvalue weighted by Gasteiger charge is -2.13. The number of benzene rings is 1. The number of nitrogens with zero attached hydrogens (tertiary/aromatic N) is 1. The fraction of sp³-hybridized carbons (Fsp3) is 0.214. The predicted octanol–water partition coefficient (Wildman–Crippen LogP) is 4.35. The molecular weight excluding hydrogens is 285 g/mol. The molecule has 19 heavy (non-hydrogen) atoms. The monoisotopic (exact) mass is 297 g/mol. The maximum atomic E-state index is 11.2. The molecule has 0 unspecified atom stereocenters. The van der Waals surface area contributed by atoms with E-state index in [1.807, 2.05) is 11.5 Å². The SMILES string of the molecule is CCc1cc(C(=O)O)c(C)n1-c1ccc(Cl)cc1Cl. The molecule has 3 nitrogen and oxygen atoms in total. The van der Waals surface area contributed by atoms with Crippen LogP contribution in [0.2, 0.25) is 10.0 Å². The summed E-state index contributed by atoms with van der Waals surface area (Å²) in [6.07, 6.45) is 0.715. The summed E-state index contributed by atoms with van der Waals surface area (Å²) in [6.45, 7) is 3.74. The summed E-state index contributed by atoms with van der Waals surface area (Å²) >= 11 is 12.1. The van der Waals surface area contributed by atoms with Crippen molar-refractivity contribution in [2.45, 2.75) is 20.3 Å². The number of carbonyl (C=O) groups is 1. The van der Waals surface area contributed by atoms with Gasteiger partial charge in [0.2, 0.25) is 0 Å². The van der Waals surface area contributed by atoms with E-state index in [1.165, 1.54) is 0 Å². The van der Waals surface area contributed by atoms with Gasteiger partial charge in [0.15, 0.2) is 0 Å². The number of rotatable bonds is 3. The number of carboxylic acid groups (broad SMARTS) is 1. The first-order chi connectivity index (χ1) is 8.95. The zero-order valence-corrected chi connectivity index (χ0v) is 12.1. The summed E-state index contributed by atoms with van der Waals surface area (Å²) in [5.74, 6) is -0.934. The van der Waals surface area contributed by atoms with Crippen LogP contribution in [0, 0.1) is 6.92 Å². The van der Waals surface area contributed by atoms with E-state index < -0.39 is 5.97 Å². The molecule has 1 aromatic heterocycles. The van der Waals surface area contributed by atoms with Crippen LogP contribution in [0.3, 0.4) is 0 Å². The molecule has 2 rings (SSSR count). The van der Waals surface area contributed by atoms with E-state index in [2.05, 4.69) is 0 Å². The third kappa shape index (κ3) is 2.48. The van der Waals surface area contributed by atoms with E-state index in [-0.39, 0.29) is 0 Å². The van der Waals surface area contributed by atoms with Crippen molar-refractivity contribution in [3.63, 3.8) is 0 Å². The predicted molar refractivity (Wildman–Crippen MR) is 76.9 cm³/mol.